The fourth-order valence-electron chi connectivity index (χ4n) is 3.22. The highest BCUT2D eigenvalue weighted by atomic mass is 16.4. The molecular formula is C16H23N5O3. The molecule has 2 aliphatic heterocycles. The molecule has 0 aliphatic carbocycles. The normalized spacial score (nSPS) is 19.5. The van der Waals surface area contributed by atoms with Crippen molar-refractivity contribution in [3.63, 3.8) is 0 Å². The number of piperidine rings is 1. The first-order valence-electron chi connectivity index (χ1n) is 8.34. The van der Waals surface area contributed by atoms with Crippen molar-refractivity contribution in [2.24, 2.45) is 5.92 Å². The Morgan fingerprint density at radius 1 is 1.12 bits per heavy atom. The number of carbonyl (C=O) groups is 2. The Kier molecular flexibility index (Phi) is 4.82. The molecule has 8 nitrogen and oxygen atoms in total. The second kappa shape index (κ2) is 7.02. The Balaban J connectivity index is 1.70. The predicted molar refractivity (Wildman–Crippen MR) is 89.2 cm³/mol. The smallest absolute Gasteiger partial charge is 0.306 e. The summed E-state index contributed by atoms with van der Waals surface area (Å²) in [6.07, 6.45) is 2.17. The summed E-state index contributed by atoms with van der Waals surface area (Å²) >= 11 is 0. The summed E-state index contributed by atoms with van der Waals surface area (Å²) in [5.41, 5.74) is 0.896. The molecule has 3 rings (SSSR count). The third-order valence-electron chi connectivity index (χ3n) is 4.74. The topological polar surface area (TPSA) is 89.9 Å². The van der Waals surface area contributed by atoms with Crippen molar-refractivity contribution in [3.8, 4) is 0 Å². The minimum absolute atomic E-state index is 0.250. The van der Waals surface area contributed by atoms with E-state index in [0.717, 1.165) is 31.0 Å². The molecule has 1 aromatic rings. The van der Waals surface area contributed by atoms with Gasteiger partial charge in [0.05, 0.1) is 5.92 Å². The highest BCUT2D eigenvalue weighted by molar-refractivity contribution is 5.70. The van der Waals surface area contributed by atoms with Crippen LogP contribution in [0.1, 0.15) is 18.5 Å². The summed E-state index contributed by atoms with van der Waals surface area (Å²) < 4.78 is 0. The Morgan fingerprint density at radius 2 is 1.79 bits per heavy atom. The van der Waals surface area contributed by atoms with Gasteiger partial charge in [0.25, 0.3) is 0 Å². The van der Waals surface area contributed by atoms with E-state index in [1.54, 1.807) is 4.90 Å². The van der Waals surface area contributed by atoms with E-state index in [1.807, 2.05) is 13.0 Å². The van der Waals surface area contributed by atoms with Gasteiger partial charge >= 0.3 is 5.97 Å². The van der Waals surface area contributed by atoms with Crippen molar-refractivity contribution in [3.05, 3.63) is 11.8 Å². The molecule has 0 unspecified atom stereocenters. The summed E-state index contributed by atoms with van der Waals surface area (Å²) in [6, 6.07) is 1.95. The van der Waals surface area contributed by atoms with Gasteiger partial charge in [-0.15, -0.1) is 0 Å². The zero-order valence-electron chi connectivity index (χ0n) is 13.9. The zero-order chi connectivity index (χ0) is 17.1. The van der Waals surface area contributed by atoms with E-state index in [4.69, 9.17) is 5.11 Å². The van der Waals surface area contributed by atoms with E-state index in [2.05, 4.69) is 19.8 Å². The highest BCUT2D eigenvalue weighted by Gasteiger charge is 2.26. The monoisotopic (exact) mass is 333 g/mol. The first-order chi connectivity index (χ1) is 11.6. The van der Waals surface area contributed by atoms with E-state index in [-0.39, 0.29) is 5.92 Å². The first-order valence-corrected chi connectivity index (χ1v) is 8.34. The lowest BCUT2D eigenvalue weighted by Crippen LogP contribution is -2.46. The van der Waals surface area contributed by atoms with Gasteiger partial charge in [-0.3, -0.25) is 9.59 Å². The van der Waals surface area contributed by atoms with Gasteiger partial charge in [0, 0.05) is 51.0 Å². The number of anilines is 2. The fourth-order valence-corrected chi connectivity index (χ4v) is 3.22. The number of aryl methyl sites for hydroxylation is 1. The Morgan fingerprint density at radius 3 is 2.38 bits per heavy atom. The summed E-state index contributed by atoms with van der Waals surface area (Å²) in [5.74, 6) is 0.595. The molecule has 0 atom stereocenters. The molecule has 130 valence electrons. The summed E-state index contributed by atoms with van der Waals surface area (Å²) in [7, 11) is 0. The molecule has 2 aliphatic rings. The number of aliphatic carboxylic acids is 1. The molecule has 0 spiro atoms. The average molecular weight is 333 g/mol. The molecule has 24 heavy (non-hydrogen) atoms. The largest absolute Gasteiger partial charge is 0.481 e. The molecule has 0 saturated carbocycles. The molecule has 0 radical (unpaired) electrons. The van der Waals surface area contributed by atoms with Crippen molar-refractivity contribution >= 4 is 24.1 Å². The highest BCUT2D eigenvalue weighted by Crippen LogP contribution is 2.24. The van der Waals surface area contributed by atoms with Crippen LogP contribution in [-0.2, 0) is 9.59 Å². The van der Waals surface area contributed by atoms with Crippen LogP contribution in [0.3, 0.4) is 0 Å². The first kappa shape index (κ1) is 16.5. The maximum Gasteiger partial charge on any atom is 0.306 e. The van der Waals surface area contributed by atoms with Crippen LogP contribution >= 0.6 is 0 Å². The number of carboxylic acid groups (broad SMARTS) is 1. The number of amides is 1. The Bertz CT molecular complexity index is 608. The van der Waals surface area contributed by atoms with Crippen LogP contribution in [0.25, 0.3) is 0 Å². The number of nitrogens with zero attached hydrogens (tertiary/aromatic N) is 5. The van der Waals surface area contributed by atoms with Crippen molar-refractivity contribution < 1.29 is 14.7 Å². The van der Waals surface area contributed by atoms with Crippen LogP contribution in [0.2, 0.25) is 0 Å². The molecule has 3 heterocycles. The number of carboxylic acids is 1. The van der Waals surface area contributed by atoms with Gasteiger partial charge in [-0.1, -0.05) is 0 Å². The third kappa shape index (κ3) is 3.58. The lowest BCUT2D eigenvalue weighted by Gasteiger charge is -2.34. The van der Waals surface area contributed by atoms with Crippen LogP contribution in [0.5, 0.6) is 0 Å². The SMILES string of the molecule is Cc1cc(N2CCC(C(=O)O)CC2)nc(N2CCN(C=O)CC2)n1. The molecule has 8 heteroatoms. The van der Waals surface area contributed by atoms with Gasteiger partial charge in [-0.05, 0) is 19.8 Å². The van der Waals surface area contributed by atoms with Crippen molar-refractivity contribution in [1.29, 1.82) is 0 Å². The minimum Gasteiger partial charge on any atom is -0.481 e. The molecule has 0 bridgehead atoms. The fraction of sp³-hybridized carbons (Fsp3) is 0.625. The van der Waals surface area contributed by atoms with E-state index < -0.39 is 5.97 Å². The lowest BCUT2D eigenvalue weighted by atomic mass is 9.97. The molecule has 1 N–H and O–H groups in total. The third-order valence-corrected chi connectivity index (χ3v) is 4.74. The number of rotatable bonds is 4. The summed E-state index contributed by atoms with van der Waals surface area (Å²) in [4.78, 5) is 37.1. The van der Waals surface area contributed by atoms with Crippen LogP contribution < -0.4 is 9.80 Å². The maximum atomic E-state index is 11.1. The Labute approximate surface area is 141 Å². The molecule has 2 saturated heterocycles. The standard InChI is InChI=1S/C16H23N5O3/c1-12-10-14(20-4-2-13(3-5-20)15(23)24)18-16(17-12)21-8-6-19(11-22)7-9-21/h10-11,13H,2-9H2,1H3,(H,23,24). The van der Waals surface area contributed by atoms with Crippen LogP contribution in [0.15, 0.2) is 6.07 Å². The second-order valence-electron chi connectivity index (χ2n) is 6.40. The van der Waals surface area contributed by atoms with Gasteiger partial charge in [0.2, 0.25) is 12.4 Å². The van der Waals surface area contributed by atoms with Gasteiger partial charge in [0.15, 0.2) is 0 Å². The molecular weight excluding hydrogens is 310 g/mol. The van der Waals surface area contributed by atoms with E-state index in [0.29, 0.717) is 45.0 Å². The molecule has 1 amide bonds. The average Bonchev–Trinajstić information content (AvgIpc) is 2.61. The van der Waals surface area contributed by atoms with Crippen LogP contribution in [0.4, 0.5) is 11.8 Å². The van der Waals surface area contributed by atoms with Gasteiger partial charge in [-0.25, -0.2) is 4.98 Å². The molecule has 0 aromatic carbocycles. The van der Waals surface area contributed by atoms with E-state index in [1.165, 1.54) is 0 Å². The number of aromatic nitrogens is 2. The predicted octanol–water partition coefficient (Wildman–Crippen LogP) is 0.364. The van der Waals surface area contributed by atoms with Crippen LogP contribution in [-0.4, -0.2) is 71.6 Å². The van der Waals surface area contributed by atoms with Gasteiger partial charge < -0.3 is 19.8 Å². The van der Waals surface area contributed by atoms with Crippen LogP contribution in [0, 0.1) is 12.8 Å². The summed E-state index contributed by atoms with van der Waals surface area (Å²) in [5, 5.41) is 9.12. The quantitative estimate of drug-likeness (QED) is 0.796. The number of carbonyl (C=O) groups excluding carboxylic acids is 1. The van der Waals surface area contributed by atoms with Crippen molar-refractivity contribution in [2.45, 2.75) is 19.8 Å². The van der Waals surface area contributed by atoms with Crippen molar-refractivity contribution in [2.75, 3.05) is 49.1 Å². The van der Waals surface area contributed by atoms with Gasteiger partial charge in [0.1, 0.15) is 5.82 Å². The number of piperazine rings is 1. The van der Waals surface area contributed by atoms with E-state index in [9.17, 15) is 9.59 Å². The van der Waals surface area contributed by atoms with E-state index >= 15 is 0 Å². The van der Waals surface area contributed by atoms with Gasteiger partial charge in [-0.2, -0.15) is 4.98 Å². The second-order valence-corrected chi connectivity index (χ2v) is 6.40. The zero-order valence-corrected chi connectivity index (χ0v) is 13.9. The summed E-state index contributed by atoms with van der Waals surface area (Å²) in [6.45, 7) is 6.16. The minimum atomic E-state index is -0.706. The van der Waals surface area contributed by atoms with Crippen molar-refractivity contribution in [1.82, 2.24) is 14.9 Å². The number of hydrogen-bond acceptors (Lipinski definition) is 6. The lowest BCUT2D eigenvalue weighted by molar-refractivity contribution is -0.142. The maximum absolute atomic E-state index is 11.1. The number of hydrogen-bond donors (Lipinski definition) is 1. The molecule has 2 fully saturated rings. The molecule has 1 aromatic heterocycles. The Hall–Kier alpha value is -2.38.